The highest BCUT2D eigenvalue weighted by molar-refractivity contribution is 7.89. The molecule has 2 aromatic rings. The first-order valence-corrected chi connectivity index (χ1v) is 6.78. The minimum atomic E-state index is -3.70. The molecule has 6 nitrogen and oxygen atoms in total. The van der Waals surface area contributed by atoms with Gasteiger partial charge in [-0.05, 0) is 5.56 Å². The van der Waals surface area contributed by atoms with Crippen molar-refractivity contribution in [3.63, 3.8) is 0 Å². The van der Waals surface area contributed by atoms with Gasteiger partial charge in [-0.25, -0.2) is 18.1 Å². The largest absolute Gasteiger partial charge is 0.394 e. The molecule has 1 aromatic heterocycles. The Bertz CT molecular complexity index is 581. The smallest absolute Gasteiger partial charge is 0.258 e. The van der Waals surface area contributed by atoms with Crippen LogP contribution < -0.4 is 4.72 Å². The van der Waals surface area contributed by atoms with E-state index in [1.807, 2.05) is 6.07 Å². The number of imidazole rings is 1. The number of rotatable bonds is 5. The Labute approximate surface area is 105 Å². The molecule has 1 heterocycles. The van der Waals surface area contributed by atoms with Gasteiger partial charge in [0.05, 0.1) is 25.2 Å². The first kappa shape index (κ1) is 12.7. The van der Waals surface area contributed by atoms with Gasteiger partial charge in [-0.15, -0.1) is 0 Å². The van der Waals surface area contributed by atoms with Gasteiger partial charge in [0.15, 0.2) is 5.03 Å². The molecule has 0 fully saturated rings. The second-order valence-corrected chi connectivity index (χ2v) is 5.37. The highest BCUT2D eigenvalue weighted by Crippen LogP contribution is 2.15. The van der Waals surface area contributed by atoms with Crippen LogP contribution in [0.5, 0.6) is 0 Å². The summed E-state index contributed by atoms with van der Waals surface area (Å²) >= 11 is 0. The summed E-state index contributed by atoms with van der Waals surface area (Å²) in [4.78, 5) is 6.17. The first-order valence-electron chi connectivity index (χ1n) is 5.30. The Morgan fingerprint density at radius 3 is 2.61 bits per heavy atom. The predicted molar refractivity (Wildman–Crippen MR) is 65.2 cm³/mol. The van der Waals surface area contributed by atoms with Crippen molar-refractivity contribution in [2.75, 3.05) is 6.61 Å². The van der Waals surface area contributed by atoms with Crippen molar-refractivity contribution in [2.24, 2.45) is 0 Å². The number of sulfonamides is 1. The topological polar surface area (TPSA) is 95.1 Å². The molecule has 0 aliphatic heterocycles. The van der Waals surface area contributed by atoms with E-state index in [-0.39, 0.29) is 11.6 Å². The highest BCUT2D eigenvalue weighted by Gasteiger charge is 2.21. The number of aromatic nitrogens is 2. The lowest BCUT2D eigenvalue weighted by Crippen LogP contribution is -2.31. The number of hydrogen-bond donors (Lipinski definition) is 3. The molecular formula is C11H13N3O3S. The second kappa shape index (κ2) is 5.30. The first-order chi connectivity index (χ1) is 8.63. The number of aromatic amines is 1. The van der Waals surface area contributed by atoms with Gasteiger partial charge in [-0.2, -0.15) is 0 Å². The van der Waals surface area contributed by atoms with Gasteiger partial charge in [0.1, 0.15) is 0 Å². The van der Waals surface area contributed by atoms with Crippen molar-refractivity contribution in [3.8, 4) is 0 Å². The summed E-state index contributed by atoms with van der Waals surface area (Å²) in [5.74, 6) is 0. The molecule has 0 bridgehead atoms. The molecule has 1 aromatic carbocycles. The van der Waals surface area contributed by atoms with E-state index in [9.17, 15) is 13.5 Å². The summed E-state index contributed by atoms with van der Waals surface area (Å²) in [5, 5.41) is 9.26. The Morgan fingerprint density at radius 2 is 2.06 bits per heavy atom. The number of H-pyrrole nitrogens is 1. The summed E-state index contributed by atoms with van der Waals surface area (Å²) in [6.45, 7) is -0.322. The molecule has 0 spiro atoms. The van der Waals surface area contributed by atoms with Gasteiger partial charge in [0.25, 0.3) is 10.0 Å². The van der Waals surface area contributed by atoms with Crippen molar-refractivity contribution in [1.29, 1.82) is 0 Å². The standard InChI is InChI=1S/C11H13N3O3S/c15-7-10(9-4-2-1-3-5-9)14-18(16,17)11-6-12-8-13-11/h1-6,8,10,14-15H,7H2,(H,12,13)/t10-/m0/s1. The van der Waals surface area contributed by atoms with Crippen molar-refractivity contribution in [2.45, 2.75) is 11.1 Å². The maximum atomic E-state index is 11.9. The summed E-state index contributed by atoms with van der Waals surface area (Å²) in [6.07, 6.45) is 2.49. The molecule has 0 saturated heterocycles. The van der Waals surface area contributed by atoms with Gasteiger partial charge >= 0.3 is 0 Å². The fourth-order valence-corrected chi connectivity index (χ4v) is 2.66. The molecule has 0 unspecified atom stereocenters. The van der Waals surface area contributed by atoms with E-state index in [1.54, 1.807) is 24.3 Å². The van der Waals surface area contributed by atoms with Crippen LogP contribution >= 0.6 is 0 Å². The van der Waals surface area contributed by atoms with E-state index in [0.717, 1.165) is 0 Å². The normalized spacial score (nSPS) is 13.4. The summed E-state index contributed by atoms with van der Waals surface area (Å²) < 4.78 is 26.3. The van der Waals surface area contributed by atoms with Gasteiger partial charge in [-0.3, -0.25) is 0 Å². The van der Waals surface area contributed by atoms with E-state index in [2.05, 4.69) is 14.7 Å². The average Bonchev–Trinajstić information content (AvgIpc) is 2.92. The Hall–Kier alpha value is -1.70. The molecule has 7 heteroatoms. The Morgan fingerprint density at radius 1 is 1.33 bits per heavy atom. The third-order valence-corrected chi connectivity index (χ3v) is 3.84. The summed E-state index contributed by atoms with van der Waals surface area (Å²) in [6, 6.07) is 8.19. The third-order valence-electron chi connectivity index (χ3n) is 2.44. The van der Waals surface area contributed by atoms with Crippen molar-refractivity contribution in [1.82, 2.24) is 14.7 Å². The third kappa shape index (κ3) is 2.76. The van der Waals surface area contributed by atoms with Crippen LogP contribution in [0.4, 0.5) is 0 Å². The number of hydrogen-bond acceptors (Lipinski definition) is 4. The van der Waals surface area contributed by atoms with Gasteiger partial charge in [-0.1, -0.05) is 30.3 Å². The van der Waals surface area contributed by atoms with E-state index in [0.29, 0.717) is 5.56 Å². The van der Waals surface area contributed by atoms with Gasteiger partial charge in [0.2, 0.25) is 0 Å². The van der Waals surface area contributed by atoms with Crippen LogP contribution in [0.3, 0.4) is 0 Å². The fourth-order valence-electron chi connectivity index (χ4n) is 1.54. The molecule has 2 rings (SSSR count). The minimum Gasteiger partial charge on any atom is -0.394 e. The number of benzene rings is 1. The van der Waals surface area contributed by atoms with E-state index in [4.69, 9.17) is 0 Å². The van der Waals surface area contributed by atoms with Crippen LogP contribution in [-0.4, -0.2) is 30.1 Å². The van der Waals surface area contributed by atoms with Crippen molar-refractivity contribution < 1.29 is 13.5 Å². The van der Waals surface area contributed by atoms with Crippen LogP contribution in [-0.2, 0) is 10.0 Å². The van der Waals surface area contributed by atoms with Crippen molar-refractivity contribution in [3.05, 3.63) is 48.4 Å². The Kier molecular flexibility index (Phi) is 3.75. The quantitative estimate of drug-likeness (QED) is 0.731. The molecule has 1 atom stereocenters. The zero-order valence-corrected chi connectivity index (χ0v) is 10.3. The van der Waals surface area contributed by atoms with Crippen LogP contribution in [0.25, 0.3) is 0 Å². The molecule has 18 heavy (non-hydrogen) atoms. The molecular weight excluding hydrogens is 254 g/mol. The van der Waals surface area contributed by atoms with Crippen LogP contribution in [0.1, 0.15) is 11.6 Å². The SMILES string of the molecule is O=S(=O)(N[C@@H](CO)c1ccccc1)c1cnc[nH]1. The van der Waals surface area contributed by atoms with Gasteiger partial charge in [0, 0.05) is 0 Å². The maximum Gasteiger partial charge on any atom is 0.258 e. The number of aliphatic hydroxyl groups excluding tert-OH is 1. The van der Waals surface area contributed by atoms with E-state index < -0.39 is 16.1 Å². The molecule has 0 amide bonds. The molecule has 0 aliphatic carbocycles. The molecule has 96 valence electrons. The Balaban J connectivity index is 2.22. The monoisotopic (exact) mass is 267 g/mol. The molecule has 0 radical (unpaired) electrons. The summed E-state index contributed by atoms with van der Waals surface area (Å²) in [5.41, 5.74) is 0.697. The number of aliphatic hydroxyl groups is 1. The van der Waals surface area contributed by atoms with Crippen LogP contribution in [0, 0.1) is 0 Å². The molecule has 0 aliphatic rings. The van der Waals surface area contributed by atoms with Crippen LogP contribution in [0.2, 0.25) is 0 Å². The maximum absolute atomic E-state index is 11.9. The lowest BCUT2D eigenvalue weighted by molar-refractivity contribution is 0.259. The number of nitrogens with one attached hydrogen (secondary N) is 2. The predicted octanol–water partition coefficient (Wildman–Crippen LogP) is 0.422. The highest BCUT2D eigenvalue weighted by atomic mass is 32.2. The van der Waals surface area contributed by atoms with Crippen molar-refractivity contribution >= 4 is 10.0 Å². The van der Waals surface area contributed by atoms with Crippen LogP contribution in [0.15, 0.2) is 47.9 Å². The minimum absolute atomic E-state index is 0.0307. The number of nitrogens with zero attached hydrogens (tertiary/aromatic N) is 1. The molecule has 3 N–H and O–H groups in total. The fraction of sp³-hybridized carbons (Fsp3) is 0.182. The lowest BCUT2D eigenvalue weighted by Gasteiger charge is -2.15. The van der Waals surface area contributed by atoms with Gasteiger partial charge < -0.3 is 10.1 Å². The molecule has 0 saturated carbocycles. The zero-order valence-electron chi connectivity index (χ0n) is 9.45. The van der Waals surface area contributed by atoms with E-state index >= 15 is 0 Å². The summed E-state index contributed by atoms with van der Waals surface area (Å²) in [7, 11) is -3.70. The zero-order chi connectivity index (χ0) is 13.0. The average molecular weight is 267 g/mol. The lowest BCUT2D eigenvalue weighted by atomic mass is 10.1. The second-order valence-electron chi connectivity index (χ2n) is 3.68. The van der Waals surface area contributed by atoms with E-state index in [1.165, 1.54) is 12.5 Å².